The summed E-state index contributed by atoms with van der Waals surface area (Å²) in [6.07, 6.45) is 1.23. The van der Waals surface area contributed by atoms with Crippen molar-refractivity contribution < 1.29 is 18.4 Å². The predicted octanol–water partition coefficient (Wildman–Crippen LogP) is 3.34. The van der Waals surface area contributed by atoms with Crippen LogP contribution in [0.3, 0.4) is 0 Å². The number of carbonyl (C=O) groups excluding carboxylic acids is 2. The van der Waals surface area contributed by atoms with Gasteiger partial charge in [0.15, 0.2) is 0 Å². The molecule has 2 aromatic rings. The first-order valence-corrected chi connectivity index (χ1v) is 7.21. The van der Waals surface area contributed by atoms with Crippen LogP contribution in [0.2, 0.25) is 0 Å². The van der Waals surface area contributed by atoms with Crippen molar-refractivity contribution in [2.45, 2.75) is 12.8 Å². The molecule has 4 nitrogen and oxygen atoms in total. The third-order valence-corrected chi connectivity index (χ3v) is 3.64. The van der Waals surface area contributed by atoms with Crippen LogP contribution in [0.1, 0.15) is 23.2 Å². The van der Waals surface area contributed by atoms with Gasteiger partial charge in [0.05, 0.1) is 11.4 Å². The van der Waals surface area contributed by atoms with E-state index in [-0.39, 0.29) is 11.5 Å². The summed E-state index contributed by atoms with van der Waals surface area (Å²) >= 11 is 0. The number of hydrogen-bond donors (Lipinski definition) is 1. The van der Waals surface area contributed by atoms with Crippen LogP contribution in [-0.2, 0) is 4.79 Å². The van der Waals surface area contributed by atoms with Gasteiger partial charge >= 0.3 is 0 Å². The van der Waals surface area contributed by atoms with Gasteiger partial charge in [-0.1, -0.05) is 12.1 Å². The molecule has 2 amide bonds. The number of amides is 2. The monoisotopic (exact) mass is 316 g/mol. The lowest BCUT2D eigenvalue weighted by molar-refractivity contribution is -0.117. The summed E-state index contributed by atoms with van der Waals surface area (Å²) < 4.78 is 26.5. The summed E-state index contributed by atoms with van der Waals surface area (Å²) in [5.74, 6) is -2.29. The largest absolute Gasteiger partial charge is 0.320 e. The Balaban J connectivity index is 1.88. The number of nitrogens with zero attached hydrogens (tertiary/aromatic N) is 1. The van der Waals surface area contributed by atoms with Crippen molar-refractivity contribution >= 4 is 23.2 Å². The van der Waals surface area contributed by atoms with Gasteiger partial charge in [-0.05, 0) is 30.7 Å². The first kappa shape index (κ1) is 15.1. The van der Waals surface area contributed by atoms with E-state index in [0.717, 1.165) is 18.6 Å². The van der Waals surface area contributed by atoms with Crippen LogP contribution in [0.4, 0.5) is 20.2 Å². The van der Waals surface area contributed by atoms with Crippen molar-refractivity contribution in [2.24, 2.45) is 0 Å². The Kier molecular flexibility index (Phi) is 4.06. The van der Waals surface area contributed by atoms with Crippen molar-refractivity contribution in [3.63, 3.8) is 0 Å². The van der Waals surface area contributed by atoms with E-state index in [1.54, 1.807) is 29.2 Å². The zero-order valence-corrected chi connectivity index (χ0v) is 12.2. The molecule has 0 unspecified atom stereocenters. The van der Waals surface area contributed by atoms with Crippen LogP contribution in [0.25, 0.3) is 0 Å². The molecular weight excluding hydrogens is 302 g/mol. The number of carbonyl (C=O) groups is 2. The van der Waals surface area contributed by atoms with Crippen molar-refractivity contribution in [3.05, 3.63) is 59.7 Å². The maximum absolute atomic E-state index is 13.2. The first-order valence-electron chi connectivity index (χ1n) is 7.21. The Morgan fingerprint density at radius 2 is 1.78 bits per heavy atom. The molecular formula is C17H14F2N2O2. The molecule has 1 heterocycles. The summed E-state index contributed by atoms with van der Waals surface area (Å²) in [5, 5.41) is 2.61. The molecule has 1 aliphatic rings. The Morgan fingerprint density at radius 3 is 2.43 bits per heavy atom. The van der Waals surface area contributed by atoms with Crippen LogP contribution < -0.4 is 10.2 Å². The highest BCUT2D eigenvalue weighted by Crippen LogP contribution is 2.29. The van der Waals surface area contributed by atoms with E-state index < -0.39 is 17.5 Å². The lowest BCUT2D eigenvalue weighted by Crippen LogP contribution is -2.25. The topological polar surface area (TPSA) is 49.4 Å². The minimum atomic E-state index is -0.821. The van der Waals surface area contributed by atoms with Crippen molar-refractivity contribution in [1.29, 1.82) is 0 Å². The van der Waals surface area contributed by atoms with E-state index in [9.17, 15) is 18.4 Å². The Morgan fingerprint density at radius 1 is 1.09 bits per heavy atom. The standard InChI is InChI=1S/C17H14F2N2O2/c18-12-8-11(9-13(19)10-12)17(23)20-14-4-1-2-5-15(14)21-7-3-6-16(21)22/h1-2,4-5,8-10H,3,6-7H2,(H,20,23). The van der Waals surface area contributed by atoms with Crippen molar-refractivity contribution in [1.82, 2.24) is 0 Å². The Labute approximate surface area is 131 Å². The minimum absolute atomic E-state index is 0.0106. The lowest BCUT2D eigenvalue weighted by Gasteiger charge is -2.20. The molecule has 0 aliphatic carbocycles. The number of anilines is 2. The Bertz CT molecular complexity index is 757. The number of para-hydroxylation sites is 2. The second kappa shape index (κ2) is 6.16. The molecule has 0 atom stereocenters. The molecule has 0 saturated carbocycles. The van der Waals surface area contributed by atoms with Crippen molar-refractivity contribution in [3.8, 4) is 0 Å². The molecule has 0 spiro atoms. The molecule has 118 valence electrons. The second-order valence-corrected chi connectivity index (χ2v) is 5.28. The van der Waals surface area contributed by atoms with E-state index in [1.807, 2.05) is 0 Å². The molecule has 0 radical (unpaired) electrons. The minimum Gasteiger partial charge on any atom is -0.320 e. The summed E-state index contributed by atoms with van der Waals surface area (Å²) in [5.41, 5.74) is 0.891. The SMILES string of the molecule is O=C(Nc1ccccc1N1CCCC1=O)c1cc(F)cc(F)c1. The quantitative estimate of drug-likeness (QED) is 0.944. The van der Waals surface area contributed by atoms with E-state index in [1.165, 1.54) is 0 Å². The number of hydrogen-bond acceptors (Lipinski definition) is 2. The normalized spacial score (nSPS) is 14.2. The van der Waals surface area contributed by atoms with E-state index >= 15 is 0 Å². The fraction of sp³-hybridized carbons (Fsp3) is 0.176. The highest BCUT2D eigenvalue weighted by Gasteiger charge is 2.24. The fourth-order valence-electron chi connectivity index (χ4n) is 2.60. The number of benzene rings is 2. The van der Waals surface area contributed by atoms with Gasteiger partial charge in [0.25, 0.3) is 5.91 Å². The van der Waals surface area contributed by atoms with Gasteiger partial charge in [0.2, 0.25) is 5.91 Å². The maximum atomic E-state index is 13.2. The number of nitrogens with one attached hydrogen (secondary N) is 1. The third kappa shape index (κ3) is 3.21. The van der Waals surface area contributed by atoms with Crippen molar-refractivity contribution in [2.75, 3.05) is 16.8 Å². The zero-order valence-electron chi connectivity index (χ0n) is 12.2. The van der Waals surface area contributed by atoms with Gasteiger partial charge in [0, 0.05) is 24.6 Å². The van der Waals surface area contributed by atoms with Crippen LogP contribution in [0, 0.1) is 11.6 Å². The first-order chi connectivity index (χ1) is 11.0. The van der Waals surface area contributed by atoms with Gasteiger partial charge in [-0.15, -0.1) is 0 Å². The zero-order chi connectivity index (χ0) is 16.4. The van der Waals surface area contributed by atoms with Crippen LogP contribution in [0.5, 0.6) is 0 Å². The van der Waals surface area contributed by atoms with E-state index in [2.05, 4.69) is 5.32 Å². The molecule has 1 N–H and O–H groups in total. The lowest BCUT2D eigenvalue weighted by atomic mass is 10.2. The third-order valence-electron chi connectivity index (χ3n) is 3.64. The highest BCUT2D eigenvalue weighted by atomic mass is 19.1. The molecule has 23 heavy (non-hydrogen) atoms. The summed E-state index contributed by atoms with van der Waals surface area (Å²) in [6, 6.07) is 9.47. The second-order valence-electron chi connectivity index (χ2n) is 5.28. The molecule has 1 fully saturated rings. The molecule has 1 saturated heterocycles. The fourth-order valence-corrected chi connectivity index (χ4v) is 2.60. The predicted molar refractivity (Wildman–Crippen MR) is 82.3 cm³/mol. The Hall–Kier alpha value is -2.76. The summed E-state index contributed by atoms with van der Waals surface area (Å²) in [6.45, 7) is 0.584. The van der Waals surface area contributed by atoms with Gasteiger partial charge in [-0.25, -0.2) is 8.78 Å². The molecule has 0 bridgehead atoms. The summed E-state index contributed by atoms with van der Waals surface area (Å²) in [7, 11) is 0. The summed E-state index contributed by atoms with van der Waals surface area (Å²) in [4.78, 5) is 25.7. The average Bonchev–Trinajstić information content (AvgIpc) is 2.93. The van der Waals surface area contributed by atoms with Gasteiger partial charge in [-0.3, -0.25) is 9.59 Å². The van der Waals surface area contributed by atoms with Gasteiger partial charge in [0.1, 0.15) is 11.6 Å². The molecule has 1 aliphatic heterocycles. The van der Waals surface area contributed by atoms with Gasteiger partial charge in [-0.2, -0.15) is 0 Å². The maximum Gasteiger partial charge on any atom is 0.255 e. The molecule has 2 aromatic carbocycles. The van der Waals surface area contributed by atoms with Crippen LogP contribution in [0.15, 0.2) is 42.5 Å². The molecule has 6 heteroatoms. The van der Waals surface area contributed by atoms with E-state index in [0.29, 0.717) is 30.4 Å². The van der Waals surface area contributed by atoms with E-state index in [4.69, 9.17) is 0 Å². The molecule has 3 rings (SSSR count). The van der Waals surface area contributed by atoms with Crippen LogP contribution >= 0.6 is 0 Å². The van der Waals surface area contributed by atoms with Crippen LogP contribution in [-0.4, -0.2) is 18.4 Å². The smallest absolute Gasteiger partial charge is 0.255 e. The average molecular weight is 316 g/mol. The highest BCUT2D eigenvalue weighted by molar-refractivity contribution is 6.08. The molecule has 0 aromatic heterocycles. The van der Waals surface area contributed by atoms with Gasteiger partial charge < -0.3 is 10.2 Å². The number of rotatable bonds is 3. The number of halogens is 2.